The highest BCUT2D eigenvalue weighted by molar-refractivity contribution is 6.30. The Labute approximate surface area is 143 Å². The minimum Gasteiger partial charge on any atom is -0.462 e. The number of Topliss-reactive ketones (excluding diaryl/α,β-unsaturated/α-hetero) is 1. The SMILES string of the molecule is CCOC(=O)c1cc2c([nH]c1=O)C[C@@H](c1ccc(Cl)cc1)CC2=O. The minimum atomic E-state index is -0.714. The van der Waals surface area contributed by atoms with E-state index in [1.54, 1.807) is 19.1 Å². The predicted molar refractivity (Wildman–Crippen MR) is 89.9 cm³/mol. The Morgan fingerprint density at radius 2 is 1.96 bits per heavy atom. The van der Waals surface area contributed by atoms with Gasteiger partial charge >= 0.3 is 5.97 Å². The molecule has 24 heavy (non-hydrogen) atoms. The molecule has 1 aliphatic carbocycles. The topological polar surface area (TPSA) is 76.2 Å². The molecule has 1 N–H and O–H groups in total. The fourth-order valence-corrected chi connectivity index (χ4v) is 3.09. The van der Waals surface area contributed by atoms with Crippen molar-refractivity contribution in [3.63, 3.8) is 0 Å². The van der Waals surface area contributed by atoms with Crippen LogP contribution in [0.4, 0.5) is 0 Å². The van der Waals surface area contributed by atoms with E-state index >= 15 is 0 Å². The number of H-pyrrole nitrogens is 1. The molecule has 6 heteroatoms. The van der Waals surface area contributed by atoms with Crippen LogP contribution >= 0.6 is 11.6 Å². The molecule has 0 bridgehead atoms. The first-order valence-corrected chi connectivity index (χ1v) is 8.09. The number of ketones is 1. The normalized spacial score (nSPS) is 16.6. The van der Waals surface area contributed by atoms with Crippen molar-refractivity contribution in [2.24, 2.45) is 0 Å². The third kappa shape index (κ3) is 3.12. The van der Waals surface area contributed by atoms with Gasteiger partial charge in [-0.15, -0.1) is 0 Å². The van der Waals surface area contributed by atoms with Crippen molar-refractivity contribution in [2.45, 2.75) is 25.7 Å². The van der Waals surface area contributed by atoms with Gasteiger partial charge in [-0.25, -0.2) is 4.79 Å². The summed E-state index contributed by atoms with van der Waals surface area (Å²) in [6.07, 6.45) is 0.851. The Hall–Kier alpha value is -2.40. The van der Waals surface area contributed by atoms with E-state index in [1.807, 2.05) is 12.1 Å². The fourth-order valence-electron chi connectivity index (χ4n) is 2.96. The Kier molecular flexibility index (Phi) is 4.53. The minimum absolute atomic E-state index is 0.0219. The number of ether oxygens (including phenoxy) is 1. The molecule has 0 fully saturated rings. The molecule has 2 aromatic rings. The molecule has 1 aromatic carbocycles. The molecule has 0 spiro atoms. The summed E-state index contributed by atoms with van der Waals surface area (Å²) in [6.45, 7) is 1.83. The van der Waals surface area contributed by atoms with Crippen LogP contribution < -0.4 is 5.56 Å². The van der Waals surface area contributed by atoms with Crippen molar-refractivity contribution >= 4 is 23.4 Å². The van der Waals surface area contributed by atoms with Gasteiger partial charge in [0, 0.05) is 22.7 Å². The van der Waals surface area contributed by atoms with E-state index in [1.165, 1.54) is 6.07 Å². The number of halogens is 1. The number of nitrogens with one attached hydrogen (secondary N) is 1. The Bertz CT molecular complexity index is 854. The van der Waals surface area contributed by atoms with Crippen molar-refractivity contribution in [2.75, 3.05) is 6.61 Å². The van der Waals surface area contributed by atoms with Crippen LogP contribution in [-0.4, -0.2) is 23.3 Å². The zero-order valence-corrected chi connectivity index (χ0v) is 13.9. The second-order valence-electron chi connectivity index (χ2n) is 5.70. The van der Waals surface area contributed by atoms with Crippen molar-refractivity contribution in [1.82, 2.24) is 4.98 Å². The van der Waals surface area contributed by atoms with Crippen molar-refractivity contribution in [3.8, 4) is 0 Å². The molecular weight excluding hydrogens is 330 g/mol. The summed E-state index contributed by atoms with van der Waals surface area (Å²) in [5.41, 5.74) is 1.28. The number of fused-ring (bicyclic) bond motifs is 1. The smallest absolute Gasteiger partial charge is 0.343 e. The van der Waals surface area contributed by atoms with Crippen LogP contribution in [-0.2, 0) is 11.2 Å². The first-order valence-electron chi connectivity index (χ1n) is 7.71. The number of aromatic amines is 1. The lowest BCUT2D eigenvalue weighted by atomic mass is 9.81. The molecule has 124 valence electrons. The maximum Gasteiger partial charge on any atom is 0.343 e. The van der Waals surface area contributed by atoms with E-state index in [4.69, 9.17) is 16.3 Å². The van der Waals surface area contributed by atoms with Crippen LogP contribution in [0.3, 0.4) is 0 Å². The number of hydrogen-bond donors (Lipinski definition) is 1. The number of hydrogen-bond acceptors (Lipinski definition) is 4. The quantitative estimate of drug-likeness (QED) is 0.867. The number of esters is 1. The van der Waals surface area contributed by atoms with E-state index in [-0.39, 0.29) is 23.9 Å². The van der Waals surface area contributed by atoms with Crippen molar-refractivity contribution in [3.05, 3.63) is 68.1 Å². The van der Waals surface area contributed by atoms with E-state index in [2.05, 4.69) is 4.98 Å². The summed E-state index contributed by atoms with van der Waals surface area (Å²) in [4.78, 5) is 39.1. The van der Waals surface area contributed by atoms with Crippen LogP contribution in [0.25, 0.3) is 0 Å². The average Bonchev–Trinajstić information content (AvgIpc) is 2.55. The molecule has 0 amide bonds. The highest BCUT2D eigenvalue weighted by atomic mass is 35.5. The van der Waals surface area contributed by atoms with E-state index in [0.717, 1.165) is 5.56 Å². The van der Waals surface area contributed by atoms with Crippen LogP contribution in [0.5, 0.6) is 0 Å². The van der Waals surface area contributed by atoms with Gasteiger partial charge in [-0.3, -0.25) is 9.59 Å². The Balaban J connectivity index is 1.95. The van der Waals surface area contributed by atoms with Gasteiger partial charge in [-0.05, 0) is 43.0 Å². The van der Waals surface area contributed by atoms with Crippen LogP contribution in [0.15, 0.2) is 35.1 Å². The molecule has 0 aliphatic heterocycles. The summed E-state index contributed by atoms with van der Waals surface area (Å²) in [5, 5.41) is 0.633. The van der Waals surface area contributed by atoms with Crippen LogP contribution in [0.1, 0.15) is 51.2 Å². The lowest BCUT2D eigenvalue weighted by Crippen LogP contribution is -2.28. The van der Waals surface area contributed by atoms with Gasteiger partial charge in [0.1, 0.15) is 5.56 Å². The first-order chi connectivity index (χ1) is 11.5. The number of carbonyl (C=O) groups is 2. The maximum atomic E-state index is 12.5. The molecule has 3 rings (SSSR count). The molecule has 1 aromatic heterocycles. The van der Waals surface area contributed by atoms with Crippen molar-refractivity contribution < 1.29 is 14.3 Å². The average molecular weight is 346 g/mol. The lowest BCUT2D eigenvalue weighted by Gasteiger charge is -2.24. The second-order valence-corrected chi connectivity index (χ2v) is 6.14. The molecule has 0 unspecified atom stereocenters. The number of carbonyl (C=O) groups excluding carboxylic acids is 2. The highest BCUT2D eigenvalue weighted by Crippen LogP contribution is 2.32. The zero-order chi connectivity index (χ0) is 17.3. The lowest BCUT2D eigenvalue weighted by molar-refractivity contribution is 0.0524. The van der Waals surface area contributed by atoms with Crippen LogP contribution in [0.2, 0.25) is 5.02 Å². The standard InChI is InChI=1S/C18H16ClNO4/c1-2-24-18(23)14-9-13-15(20-17(14)22)7-11(8-16(13)21)10-3-5-12(19)6-4-10/h3-6,9,11H,2,7-8H2,1H3,(H,20,22)/t11-/m1/s1. The molecule has 1 aliphatic rings. The first kappa shape index (κ1) is 16.5. The van der Waals surface area contributed by atoms with Gasteiger partial charge in [0.15, 0.2) is 5.78 Å². The third-order valence-corrected chi connectivity index (χ3v) is 4.39. The number of aromatic nitrogens is 1. The Morgan fingerprint density at radius 1 is 1.25 bits per heavy atom. The van der Waals surface area contributed by atoms with Crippen LogP contribution in [0, 0.1) is 0 Å². The molecule has 1 atom stereocenters. The number of rotatable bonds is 3. The summed E-state index contributed by atoms with van der Waals surface area (Å²) in [6, 6.07) is 8.69. The molecule has 0 saturated carbocycles. The summed E-state index contributed by atoms with van der Waals surface area (Å²) in [5.74, 6) is -0.835. The zero-order valence-electron chi connectivity index (χ0n) is 13.1. The largest absolute Gasteiger partial charge is 0.462 e. The fraction of sp³-hybridized carbons (Fsp3) is 0.278. The second kappa shape index (κ2) is 6.61. The van der Waals surface area contributed by atoms with E-state index < -0.39 is 11.5 Å². The number of benzene rings is 1. The van der Waals surface area contributed by atoms with Crippen molar-refractivity contribution in [1.29, 1.82) is 0 Å². The summed E-state index contributed by atoms with van der Waals surface area (Å²) in [7, 11) is 0. The van der Waals surface area contributed by atoms with Gasteiger partial charge < -0.3 is 9.72 Å². The maximum absolute atomic E-state index is 12.5. The third-order valence-electron chi connectivity index (χ3n) is 4.14. The molecule has 1 heterocycles. The van der Waals surface area contributed by atoms with Gasteiger partial charge in [0.25, 0.3) is 5.56 Å². The van der Waals surface area contributed by atoms with Gasteiger partial charge in [0.2, 0.25) is 0 Å². The van der Waals surface area contributed by atoms with E-state index in [0.29, 0.717) is 29.1 Å². The van der Waals surface area contributed by atoms with Gasteiger partial charge in [-0.2, -0.15) is 0 Å². The molecule has 0 saturated heterocycles. The predicted octanol–water partition coefficient (Wildman–Crippen LogP) is 3.12. The summed E-state index contributed by atoms with van der Waals surface area (Å²) < 4.78 is 4.85. The molecule has 0 radical (unpaired) electrons. The van der Waals surface area contributed by atoms with Gasteiger partial charge in [-0.1, -0.05) is 23.7 Å². The summed E-state index contributed by atoms with van der Waals surface area (Å²) >= 11 is 5.90. The molecule has 5 nitrogen and oxygen atoms in total. The number of pyridine rings is 1. The van der Waals surface area contributed by atoms with E-state index in [9.17, 15) is 14.4 Å². The Morgan fingerprint density at radius 3 is 2.62 bits per heavy atom. The highest BCUT2D eigenvalue weighted by Gasteiger charge is 2.29. The monoisotopic (exact) mass is 345 g/mol. The molecular formula is C18H16ClNO4. The van der Waals surface area contributed by atoms with Gasteiger partial charge in [0.05, 0.1) is 6.61 Å².